The molecule has 0 saturated carbocycles. The Bertz CT molecular complexity index is 614. The lowest BCUT2D eigenvalue weighted by atomic mass is 10.2. The summed E-state index contributed by atoms with van der Waals surface area (Å²) >= 11 is 0. The largest absolute Gasteiger partial charge is 0.383 e. The topological polar surface area (TPSA) is 171 Å². The molecule has 19 heavy (non-hydrogen) atoms. The number of primary sulfonamides is 1. The Kier molecular flexibility index (Phi) is 4.34. The maximum absolute atomic E-state index is 11.6. The number of pyridine rings is 1. The zero-order valence-electron chi connectivity index (χ0n) is 9.57. The molecule has 11 heteroatoms. The van der Waals surface area contributed by atoms with Gasteiger partial charge in [-0.25, -0.2) is 18.5 Å². The van der Waals surface area contributed by atoms with Crippen LogP contribution < -0.4 is 16.2 Å². The van der Waals surface area contributed by atoms with Gasteiger partial charge in [-0.2, -0.15) is 0 Å². The van der Waals surface area contributed by atoms with E-state index in [9.17, 15) is 23.3 Å². The molecule has 1 aromatic rings. The lowest BCUT2D eigenvalue weighted by molar-refractivity contribution is -0.385. The highest BCUT2D eigenvalue weighted by Gasteiger charge is 2.16. The molecular weight excluding hydrogens is 278 g/mol. The third kappa shape index (κ3) is 4.48. The van der Waals surface area contributed by atoms with Crippen LogP contribution in [0.15, 0.2) is 12.3 Å². The number of carbonyl (C=O) groups is 1. The van der Waals surface area contributed by atoms with Crippen molar-refractivity contribution in [3.05, 3.63) is 27.9 Å². The first-order chi connectivity index (χ1) is 8.70. The van der Waals surface area contributed by atoms with E-state index in [0.717, 1.165) is 12.3 Å². The molecule has 0 saturated heterocycles. The summed E-state index contributed by atoms with van der Waals surface area (Å²) in [5.41, 5.74) is 4.81. The highest BCUT2D eigenvalue weighted by molar-refractivity contribution is 7.89. The molecule has 0 fully saturated rings. The quantitative estimate of drug-likeness (QED) is 0.441. The highest BCUT2D eigenvalue weighted by Crippen LogP contribution is 2.16. The maximum Gasteiger partial charge on any atom is 0.288 e. The van der Waals surface area contributed by atoms with E-state index in [1.54, 1.807) is 0 Å². The molecule has 0 bridgehead atoms. The van der Waals surface area contributed by atoms with Crippen LogP contribution in [-0.2, 0) is 10.0 Å². The fraction of sp³-hybridized carbons (Fsp3) is 0.250. The molecule has 0 aliphatic heterocycles. The van der Waals surface area contributed by atoms with Crippen LogP contribution in [0.5, 0.6) is 0 Å². The summed E-state index contributed by atoms with van der Waals surface area (Å²) in [6.45, 7) is -0.236. The van der Waals surface area contributed by atoms with Gasteiger partial charge in [-0.1, -0.05) is 0 Å². The molecule has 0 spiro atoms. The van der Waals surface area contributed by atoms with Crippen LogP contribution in [0.2, 0.25) is 0 Å². The van der Waals surface area contributed by atoms with Gasteiger partial charge >= 0.3 is 0 Å². The van der Waals surface area contributed by atoms with Crippen molar-refractivity contribution in [2.24, 2.45) is 5.14 Å². The van der Waals surface area contributed by atoms with Gasteiger partial charge in [0.15, 0.2) is 0 Å². The Morgan fingerprint density at radius 2 is 2.16 bits per heavy atom. The Morgan fingerprint density at radius 1 is 1.53 bits per heavy atom. The lowest BCUT2D eigenvalue weighted by Crippen LogP contribution is -2.32. The molecule has 1 aromatic heterocycles. The molecule has 1 heterocycles. The summed E-state index contributed by atoms with van der Waals surface area (Å²) < 4.78 is 21.3. The van der Waals surface area contributed by atoms with Crippen molar-refractivity contribution in [2.75, 3.05) is 18.0 Å². The number of sulfonamides is 1. The zero-order chi connectivity index (χ0) is 14.6. The predicted molar refractivity (Wildman–Crippen MR) is 65.6 cm³/mol. The minimum atomic E-state index is -3.70. The number of nitrogens with zero attached hydrogens (tertiary/aromatic N) is 2. The van der Waals surface area contributed by atoms with Gasteiger partial charge in [0.1, 0.15) is 12.0 Å². The lowest BCUT2D eigenvalue weighted by Gasteiger charge is -2.06. The van der Waals surface area contributed by atoms with Gasteiger partial charge in [-0.15, -0.1) is 0 Å². The van der Waals surface area contributed by atoms with Crippen molar-refractivity contribution >= 4 is 27.4 Å². The van der Waals surface area contributed by atoms with E-state index in [1.165, 1.54) is 0 Å². The number of nitrogens with two attached hydrogens (primary N) is 2. The number of rotatable bonds is 5. The number of amides is 1. The van der Waals surface area contributed by atoms with Gasteiger partial charge in [0.2, 0.25) is 10.0 Å². The fourth-order valence-electron chi connectivity index (χ4n) is 1.15. The molecular formula is C8H11N5O5S. The molecule has 104 valence electrons. The van der Waals surface area contributed by atoms with E-state index >= 15 is 0 Å². The van der Waals surface area contributed by atoms with Crippen molar-refractivity contribution in [2.45, 2.75) is 0 Å². The number of hydrogen-bond acceptors (Lipinski definition) is 7. The van der Waals surface area contributed by atoms with Gasteiger partial charge in [0, 0.05) is 12.6 Å². The monoisotopic (exact) mass is 289 g/mol. The first-order valence-electron chi connectivity index (χ1n) is 4.89. The summed E-state index contributed by atoms with van der Waals surface area (Å²) in [7, 11) is -3.70. The van der Waals surface area contributed by atoms with Gasteiger partial charge in [-0.3, -0.25) is 14.9 Å². The van der Waals surface area contributed by atoms with Crippen LogP contribution in [0.4, 0.5) is 11.5 Å². The SMILES string of the molecule is Nc1ncc([N+](=O)[O-])cc1C(=O)NCCS(N)(=O)=O. The molecule has 0 radical (unpaired) electrons. The van der Waals surface area contributed by atoms with Gasteiger partial charge in [0.25, 0.3) is 11.6 Å². The third-order valence-corrected chi connectivity index (χ3v) is 2.80. The zero-order valence-corrected chi connectivity index (χ0v) is 10.4. The van der Waals surface area contributed by atoms with Crippen molar-refractivity contribution < 1.29 is 18.1 Å². The number of carbonyl (C=O) groups excluding carboxylic acids is 1. The summed E-state index contributed by atoms with van der Waals surface area (Å²) in [4.78, 5) is 24.9. The van der Waals surface area contributed by atoms with Crippen LogP contribution in [0.1, 0.15) is 10.4 Å². The van der Waals surface area contributed by atoms with Gasteiger partial charge in [-0.05, 0) is 0 Å². The fourth-order valence-corrected chi connectivity index (χ4v) is 1.53. The van der Waals surface area contributed by atoms with Crippen molar-refractivity contribution in [3.63, 3.8) is 0 Å². The predicted octanol–water partition coefficient (Wildman–Crippen LogP) is -1.41. The van der Waals surface area contributed by atoms with E-state index in [1.807, 2.05) is 0 Å². The van der Waals surface area contributed by atoms with Crippen LogP contribution in [0, 0.1) is 10.1 Å². The van der Waals surface area contributed by atoms with Gasteiger partial charge < -0.3 is 11.1 Å². The molecule has 0 aliphatic carbocycles. The normalized spacial score (nSPS) is 11.0. The summed E-state index contributed by atoms with van der Waals surface area (Å²) in [5, 5.41) is 17.5. The van der Waals surface area contributed by atoms with Crippen molar-refractivity contribution in [3.8, 4) is 0 Å². The van der Waals surface area contributed by atoms with Crippen molar-refractivity contribution in [1.82, 2.24) is 10.3 Å². The Balaban J connectivity index is 2.82. The Labute approximate surface area is 108 Å². The van der Waals surface area contributed by atoms with E-state index in [2.05, 4.69) is 10.3 Å². The highest BCUT2D eigenvalue weighted by atomic mass is 32.2. The molecule has 1 amide bonds. The third-order valence-electron chi connectivity index (χ3n) is 2.03. The van der Waals surface area contributed by atoms with Gasteiger partial charge in [0.05, 0.1) is 16.2 Å². The van der Waals surface area contributed by atoms with Crippen LogP contribution >= 0.6 is 0 Å². The summed E-state index contributed by atoms with van der Waals surface area (Å²) in [6, 6.07) is 0.953. The molecule has 0 atom stereocenters. The molecule has 10 nitrogen and oxygen atoms in total. The molecule has 0 unspecified atom stereocenters. The molecule has 5 N–H and O–H groups in total. The molecule has 0 aliphatic rings. The standard InChI is InChI=1S/C8H11N5O5S/c9-7-6(3-5(4-12-7)13(15)16)8(14)11-1-2-19(10,17)18/h3-4H,1-2H2,(H2,9,12)(H,11,14)(H2,10,17,18). The first kappa shape index (κ1) is 14.8. The van der Waals surface area contributed by atoms with Crippen molar-refractivity contribution in [1.29, 1.82) is 0 Å². The van der Waals surface area contributed by atoms with Crippen LogP contribution in [0.3, 0.4) is 0 Å². The number of aromatic nitrogens is 1. The maximum atomic E-state index is 11.6. The molecule has 1 rings (SSSR count). The van der Waals surface area contributed by atoms with E-state index in [4.69, 9.17) is 10.9 Å². The van der Waals surface area contributed by atoms with E-state index in [0.29, 0.717) is 0 Å². The summed E-state index contributed by atoms with van der Waals surface area (Å²) in [6.07, 6.45) is 0.913. The minimum absolute atomic E-state index is 0.196. The van der Waals surface area contributed by atoms with Crippen LogP contribution in [0.25, 0.3) is 0 Å². The minimum Gasteiger partial charge on any atom is -0.383 e. The second-order valence-electron chi connectivity index (χ2n) is 3.51. The number of nitrogens with one attached hydrogen (secondary N) is 1. The second kappa shape index (κ2) is 5.58. The van der Waals surface area contributed by atoms with E-state index in [-0.39, 0.29) is 17.9 Å². The van der Waals surface area contributed by atoms with Crippen LogP contribution in [-0.4, -0.2) is 36.5 Å². The van der Waals surface area contributed by atoms with E-state index < -0.39 is 32.3 Å². The summed E-state index contributed by atoms with van der Waals surface area (Å²) in [5.74, 6) is -1.42. The Morgan fingerprint density at radius 3 is 2.68 bits per heavy atom. The second-order valence-corrected chi connectivity index (χ2v) is 5.24. The smallest absolute Gasteiger partial charge is 0.288 e. The number of anilines is 1. The average Bonchev–Trinajstić information content (AvgIpc) is 2.27. The number of hydrogen-bond donors (Lipinski definition) is 3. The Hall–Kier alpha value is -2.27. The number of nitrogen functional groups attached to an aromatic ring is 1. The number of nitro groups is 1. The average molecular weight is 289 g/mol. The molecule has 0 aromatic carbocycles. The first-order valence-corrected chi connectivity index (χ1v) is 6.61.